The number of nitrogens with zero attached hydrogens (tertiary/aromatic N) is 2. The fraction of sp³-hybridized carbons (Fsp3) is 0.375. The molecule has 2 amide bonds. The Labute approximate surface area is 139 Å². The van der Waals surface area contributed by atoms with Crippen LogP contribution in [0, 0.1) is 6.92 Å². The fourth-order valence-electron chi connectivity index (χ4n) is 2.10. The Hall–Kier alpha value is -2.28. The van der Waals surface area contributed by atoms with Gasteiger partial charge in [0.25, 0.3) is 0 Å². The van der Waals surface area contributed by atoms with E-state index in [1.165, 1.54) is 18.3 Å². The zero-order chi connectivity index (χ0) is 16.8. The van der Waals surface area contributed by atoms with E-state index in [2.05, 4.69) is 20.8 Å². The van der Waals surface area contributed by atoms with Crippen LogP contribution >= 0.6 is 11.3 Å². The molecular formula is C16H20N4O2S. The summed E-state index contributed by atoms with van der Waals surface area (Å²) in [6, 6.07) is 7.39. The highest BCUT2D eigenvalue weighted by atomic mass is 32.1. The van der Waals surface area contributed by atoms with Gasteiger partial charge in [-0.2, -0.15) is 0 Å². The Balaban J connectivity index is 2.05. The third-order valence-electron chi connectivity index (χ3n) is 3.26. The SMILES string of the molecule is CCc1nnc(NC(=O)C[C@H](NC(C)=O)c2ccc(C)cc2)s1. The third-order valence-corrected chi connectivity index (χ3v) is 4.25. The highest BCUT2D eigenvalue weighted by Crippen LogP contribution is 2.20. The molecule has 2 aromatic rings. The van der Waals surface area contributed by atoms with E-state index in [4.69, 9.17) is 0 Å². The number of aryl methyl sites for hydroxylation is 2. The van der Waals surface area contributed by atoms with E-state index in [1.807, 2.05) is 38.1 Å². The molecular weight excluding hydrogens is 312 g/mol. The van der Waals surface area contributed by atoms with Crippen molar-refractivity contribution in [3.05, 3.63) is 40.4 Å². The summed E-state index contributed by atoms with van der Waals surface area (Å²) in [7, 11) is 0. The molecule has 122 valence electrons. The molecule has 1 atom stereocenters. The number of amides is 2. The van der Waals surface area contributed by atoms with Gasteiger partial charge in [0.05, 0.1) is 12.5 Å². The van der Waals surface area contributed by atoms with Crippen LogP contribution in [0.1, 0.15) is 42.4 Å². The van der Waals surface area contributed by atoms with Crippen LogP contribution in [0.4, 0.5) is 5.13 Å². The maximum absolute atomic E-state index is 12.2. The monoisotopic (exact) mass is 332 g/mol. The van der Waals surface area contributed by atoms with Crippen LogP contribution in [-0.4, -0.2) is 22.0 Å². The van der Waals surface area contributed by atoms with E-state index in [9.17, 15) is 9.59 Å². The molecule has 0 unspecified atom stereocenters. The number of carbonyl (C=O) groups excluding carboxylic acids is 2. The van der Waals surface area contributed by atoms with Crippen LogP contribution in [0.5, 0.6) is 0 Å². The standard InChI is InChI=1S/C16H20N4O2S/c1-4-15-19-20-16(23-15)18-14(22)9-13(17-11(3)21)12-7-5-10(2)6-8-12/h5-8,13H,4,9H2,1-3H3,(H,17,21)(H,18,20,22)/t13-/m0/s1. The first-order valence-electron chi connectivity index (χ1n) is 7.43. The predicted molar refractivity (Wildman–Crippen MR) is 90.3 cm³/mol. The number of carbonyl (C=O) groups is 2. The van der Waals surface area contributed by atoms with E-state index in [-0.39, 0.29) is 24.3 Å². The number of aromatic nitrogens is 2. The van der Waals surface area contributed by atoms with Crippen molar-refractivity contribution in [2.24, 2.45) is 0 Å². The molecule has 6 nitrogen and oxygen atoms in total. The molecule has 0 saturated heterocycles. The Morgan fingerprint density at radius 3 is 2.48 bits per heavy atom. The van der Waals surface area contributed by atoms with Crippen LogP contribution in [0.3, 0.4) is 0 Å². The van der Waals surface area contributed by atoms with Crippen molar-refractivity contribution in [3.8, 4) is 0 Å². The van der Waals surface area contributed by atoms with Crippen molar-refractivity contribution in [2.45, 2.75) is 39.7 Å². The molecule has 0 aliphatic heterocycles. The molecule has 7 heteroatoms. The Bertz CT molecular complexity index is 682. The summed E-state index contributed by atoms with van der Waals surface area (Å²) < 4.78 is 0. The van der Waals surface area contributed by atoms with Gasteiger partial charge in [-0.25, -0.2) is 0 Å². The maximum Gasteiger partial charge on any atom is 0.228 e. The highest BCUT2D eigenvalue weighted by molar-refractivity contribution is 7.15. The molecule has 1 heterocycles. The van der Waals surface area contributed by atoms with Gasteiger partial charge in [0, 0.05) is 6.92 Å². The second-order valence-electron chi connectivity index (χ2n) is 5.27. The van der Waals surface area contributed by atoms with Crippen molar-refractivity contribution < 1.29 is 9.59 Å². The molecule has 0 aliphatic rings. The molecule has 2 N–H and O–H groups in total. The molecule has 2 rings (SSSR count). The lowest BCUT2D eigenvalue weighted by Gasteiger charge is -2.18. The lowest BCUT2D eigenvalue weighted by atomic mass is 10.0. The van der Waals surface area contributed by atoms with Crippen molar-refractivity contribution in [1.82, 2.24) is 15.5 Å². The summed E-state index contributed by atoms with van der Waals surface area (Å²) in [5.74, 6) is -0.379. The topological polar surface area (TPSA) is 84.0 Å². The average Bonchev–Trinajstić information content (AvgIpc) is 2.94. The lowest BCUT2D eigenvalue weighted by molar-refractivity contribution is -0.120. The molecule has 0 saturated carbocycles. The van der Waals surface area contributed by atoms with Crippen molar-refractivity contribution in [3.63, 3.8) is 0 Å². The van der Waals surface area contributed by atoms with Gasteiger partial charge < -0.3 is 10.6 Å². The minimum absolute atomic E-state index is 0.143. The van der Waals surface area contributed by atoms with Gasteiger partial charge in [-0.05, 0) is 18.9 Å². The molecule has 1 aromatic carbocycles. The average molecular weight is 332 g/mol. The second kappa shape index (κ2) is 7.82. The van der Waals surface area contributed by atoms with E-state index < -0.39 is 0 Å². The molecule has 0 fully saturated rings. The zero-order valence-corrected chi connectivity index (χ0v) is 14.2. The smallest absolute Gasteiger partial charge is 0.228 e. The predicted octanol–water partition coefficient (Wildman–Crippen LogP) is 2.61. The summed E-state index contributed by atoms with van der Waals surface area (Å²) in [6.45, 7) is 5.42. The van der Waals surface area contributed by atoms with Crippen molar-refractivity contribution in [2.75, 3.05) is 5.32 Å². The van der Waals surface area contributed by atoms with Gasteiger partial charge in [-0.3, -0.25) is 9.59 Å². The molecule has 0 aliphatic carbocycles. The van der Waals surface area contributed by atoms with Gasteiger partial charge in [0.2, 0.25) is 16.9 Å². The molecule has 0 bridgehead atoms. The number of anilines is 1. The summed E-state index contributed by atoms with van der Waals surface area (Å²) in [6.07, 6.45) is 0.926. The maximum atomic E-state index is 12.2. The lowest BCUT2D eigenvalue weighted by Crippen LogP contribution is -2.29. The van der Waals surface area contributed by atoms with Crippen LogP contribution in [0.15, 0.2) is 24.3 Å². The molecule has 0 radical (unpaired) electrons. The first kappa shape index (κ1) is 17.1. The Morgan fingerprint density at radius 1 is 1.22 bits per heavy atom. The third kappa shape index (κ3) is 5.14. The minimum Gasteiger partial charge on any atom is -0.349 e. The summed E-state index contributed by atoms with van der Waals surface area (Å²) in [5.41, 5.74) is 2.02. The van der Waals surface area contributed by atoms with Crippen molar-refractivity contribution in [1.29, 1.82) is 0 Å². The highest BCUT2D eigenvalue weighted by Gasteiger charge is 2.18. The quantitative estimate of drug-likeness (QED) is 0.851. The van der Waals surface area contributed by atoms with Gasteiger partial charge in [-0.1, -0.05) is 48.1 Å². The summed E-state index contributed by atoms with van der Waals surface area (Å²) in [4.78, 5) is 23.6. The first-order valence-corrected chi connectivity index (χ1v) is 8.25. The van der Waals surface area contributed by atoms with E-state index in [1.54, 1.807) is 0 Å². The van der Waals surface area contributed by atoms with E-state index in [0.717, 1.165) is 22.6 Å². The Kier molecular flexibility index (Phi) is 5.81. The van der Waals surface area contributed by atoms with E-state index >= 15 is 0 Å². The molecule has 1 aromatic heterocycles. The minimum atomic E-state index is -0.369. The molecule has 23 heavy (non-hydrogen) atoms. The summed E-state index contributed by atoms with van der Waals surface area (Å²) >= 11 is 1.36. The number of hydrogen-bond acceptors (Lipinski definition) is 5. The fourth-order valence-corrected chi connectivity index (χ4v) is 2.79. The summed E-state index contributed by atoms with van der Waals surface area (Å²) in [5, 5.41) is 14.8. The second-order valence-corrected chi connectivity index (χ2v) is 6.33. The van der Waals surface area contributed by atoms with Gasteiger partial charge in [0.15, 0.2) is 0 Å². The van der Waals surface area contributed by atoms with Crippen LogP contribution in [-0.2, 0) is 16.0 Å². The zero-order valence-electron chi connectivity index (χ0n) is 13.4. The van der Waals surface area contributed by atoms with Gasteiger partial charge >= 0.3 is 0 Å². The van der Waals surface area contributed by atoms with E-state index in [0.29, 0.717) is 5.13 Å². The van der Waals surface area contributed by atoms with Gasteiger partial charge in [0.1, 0.15) is 5.01 Å². The van der Waals surface area contributed by atoms with Crippen LogP contribution in [0.2, 0.25) is 0 Å². The van der Waals surface area contributed by atoms with Crippen LogP contribution in [0.25, 0.3) is 0 Å². The van der Waals surface area contributed by atoms with Crippen LogP contribution < -0.4 is 10.6 Å². The Morgan fingerprint density at radius 2 is 1.91 bits per heavy atom. The normalized spacial score (nSPS) is 11.8. The first-order chi connectivity index (χ1) is 11.0. The number of rotatable bonds is 6. The largest absolute Gasteiger partial charge is 0.349 e. The number of benzene rings is 1. The molecule has 0 spiro atoms. The number of hydrogen-bond donors (Lipinski definition) is 2. The van der Waals surface area contributed by atoms with Gasteiger partial charge in [-0.15, -0.1) is 10.2 Å². The number of nitrogens with one attached hydrogen (secondary N) is 2. The van der Waals surface area contributed by atoms with Crippen molar-refractivity contribution >= 4 is 28.3 Å².